The number of carbonyl (C=O) groups is 3. The monoisotopic (exact) mass is 294 g/mol. The van der Waals surface area contributed by atoms with Gasteiger partial charge in [0.25, 0.3) is 5.91 Å². The van der Waals surface area contributed by atoms with Gasteiger partial charge in [-0.2, -0.15) is 0 Å². The van der Waals surface area contributed by atoms with E-state index in [0.29, 0.717) is 32.4 Å². The third-order valence-corrected chi connectivity index (χ3v) is 4.19. The van der Waals surface area contributed by atoms with Crippen LogP contribution < -0.4 is 5.73 Å². The number of amides is 2. The van der Waals surface area contributed by atoms with Crippen LogP contribution in [0.3, 0.4) is 0 Å². The number of piperidine rings is 1. The Bertz CT molecular complexity index is 439. The predicted molar refractivity (Wildman–Crippen MR) is 75.9 cm³/mol. The molecule has 2 rings (SSSR count). The number of esters is 1. The maximum Gasteiger partial charge on any atom is 0.309 e. The first-order valence-corrected chi connectivity index (χ1v) is 7.46. The van der Waals surface area contributed by atoms with Crippen LogP contribution in [0.15, 0.2) is 12.2 Å². The van der Waals surface area contributed by atoms with Gasteiger partial charge in [-0.25, -0.2) is 0 Å². The quantitative estimate of drug-likeness (QED) is 0.607. The molecule has 0 aromatic heterocycles. The van der Waals surface area contributed by atoms with Crippen molar-refractivity contribution < 1.29 is 19.1 Å². The second-order valence-electron chi connectivity index (χ2n) is 5.65. The molecule has 6 nitrogen and oxygen atoms in total. The van der Waals surface area contributed by atoms with Crippen LogP contribution in [0.1, 0.15) is 32.1 Å². The molecule has 2 amide bonds. The van der Waals surface area contributed by atoms with E-state index in [1.165, 1.54) is 0 Å². The maximum absolute atomic E-state index is 12.0. The van der Waals surface area contributed by atoms with Crippen LogP contribution in [-0.4, -0.2) is 42.4 Å². The number of primary amides is 1. The van der Waals surface area contributed by atoms with E-state index in [-0.39, 0.29) is 36.2 Å². The molecule has 1 atom stereocenters. The molecule has 0 spiro atoms. The van der Waals surface area contributed by atoms with Crippen LogP contribution in [0.25, 0.3) is 0 Å². The third kappa shape index (κ3) is 4.31. The summed E-state index contributed by atoms with van der Waals surface area (Å²) in [5, 5.41) is 0. The standard InChI is InChI=1S/C15H22N2O4/c16-14(19)11-6-8-17(9-7-11)13(18)10-21-15(20)12-4-2-1-3-5-12/h1-2,11-12H,3-10H2,(H2,16,19)/t12-/m0/s1. The Morgan fingerprint density at radius 1 is 1.10 bits per heavy atom. The molecule has 1 heterocycles. The summed E-state index contributed by atoms with van der Waals surface area (Å²) in [6.45, 7) is 0.784. The molecular formula is C15H22N2O4. The van der Waals surface area contributed by atoms with Crippen molar-refractivity contribution in [2.45, 2.75) is 32.1 Å². The van der Waals surface area contributed by atoms with E-state index < -0.39 is 0 Å². The normalized spacial score (nSPS) is 22.9. The van der Waals surface area contributed by atoms with Gasteiger partial charge in [0.15, 0.2) is 6.61 Å². The van der Waals surface area contributed by atoms with Gasteiger partial charge in [0.05, 0.1) is 5.92 Å². The van der Waals surface area contributed by atoms with Gasteiger partial charge in [-0.1, -0.05) is 12.2 Å². The first-order valence-electron chi connectivity index (χ1n) is 7.46. The van der Waals surface area contributed by atoms with Crippen molar-refractivity contribution in [3.8, 4) is 0 Å². The second kappa shape index (κ2) is 7.24. The summed E-state index contributed by atoms with van der Waals surface area (Å²) in [5.41, 5.74) is 5.25. The molecule has 116 valence electrons. The summed E-state index contributed by atoms with van der Waals surface area (Å²) in [4.78, 5) is 36.5. The van der Waals surface area contributed by atoms with Gasteiger partial charge in [-0.05, 0) is 32.1 Å². The van der Waals surface area contributed by atoms with Crippen molar-refractivity contribution in [2.24, 2.45) is 17.6 Å². The van der Waals surface area contributed by atoms with Gasteiger partial charge in [-0.3, -0.25) is 14.4 Å². The van der Waals surface area contributed by atoms with E-state index in [9.17, 15) is 14.4 Å². The number of nitrogens with zero attached hydrogens (tertiary/aromatic N) is 1. The highest BCUT2D eigenvalue weighted by Crippen LogP contribution is 2.20. The van der Waals surface area contributed by atoms with Crippen LogP contribution in [-0.2, 0) is 19.1 Å². The van der Waals surface area contributed by atoms with Crippen LogP contribution in [0, 0.1) is 11.8 Å². The number of hydrogen-bond acceptors (Lipinski definition) is 4. The van der Waals surface area contributed by atoms with E-state index in [1.54, 1.807) is 4.90 Å². The van der Waals surface area contributed by atoms with Crippen molar-refractivity contribution in [2.75, 3.05) is 19.7 Å². The Balaban J connectivity index is 1.71. The molecule has 0 saturated carbocycles. The zero-order chi connectivity index (χ0) is 15.2. The molecule has 1 fully saturated rings. The molecule has 6 heteroatoms. The fraction of sp³-hybridized carbons (Fsp3) is 0.667. The fourth-order valence-electron chi connectivity index (χ4n) is 2.76. The molecule has 1 aliphatic heterocycles. The minimum Gasteiger partial charge on any atom is -0.455 e. The number of likely N-dealkylation sites (tertiary alicyclic amines) is 1. The summed E-state index contributed by atoms with van der Waals surface area (Å²) in [7, 11) is 0. The topological polar surface area (TPSA) is 89.7 Å². The summed E-state index contributed by atoms with van der Waals surface area (Å²) in [5.74, 6) is -1.06. The third-order valence-electron chi connectivity index (χ3n) is 4.19. The maximum atomic E-state index is 12.0. The van der Waals surface area contributed by atoms with Gasteiger partial charge < -0.3 is 15.4 Å². The first-order chi connectivity index (χ1) is 10.1. The van der Waals surface area contributed by atoms with Crippen LogP contribution in [0.5, 0.6) is 0 Å². The highest BCUT2D eigenvalue weighted by Gasteiger charge is 2.27. The number of hydrogen-bond donors (Lipinski definition) is 1. The van der Waals surface area contributed by atoms with Crippen molar-refractivity contribution in [1.82, 2.24) is 4.90 Å². The number of nitrogens with two attached hydrogens (primary N) is 1. The predicted octanol–water partition coefficient (Wildman–Crippen LogP) is 0.610. The molecule has 21 heavy (non-hydrogen) atoms. The molecule has 1 aliphatic carbocycles. The Morgan fingerprint density at radius 3 is 2.38 bits per heavy atom. The Kier molecular flexibility index (Phi) is 5.36. The van der Waals surface area contributed by atoms with Crippen molar-refractivity contribution >= 4 is 17.8 Å². The summed E-state index contributed by atoms with van der Waals surface area (Å²) in [6, 6.07) is 0. The summed E-state index contributed by atoms with van der Waals surface area (Å²) in [6.07, 6.45) is 7.56. The number of rotatable bonds is 4. The molecule has 0 radical (unpaired) electrons. The van der Waals surface area contributed by atoms with E-state index in [0.717, 1.165) is 12.8 Å². The highest BCUT2D eigenvalue weighted by molar-refractivity contribution is 5.82. The lowest BCUT2D eigenvalue weighted by atomic mass is 9.95. The largest absolute Gasteiger partial charge is 0.455 e. The van der Waals surface area contributed by atoms with Crippen molar-refractivity contribution in [3.05, 3.63) is 12.2 Å². The average molecular weight is 294 g/mol. The van der Waals surface area contributed by atoms with Gasteiger partial charge in [0.1, 0.15) is 0 Å². The van der Waals surface area contributed by atoms with Crippen LogP contribution >= 0.6 is 0 Å². The van der Waals surface area contributed by atoms with Gasteiger partial charge in [0.2, 0.25) is 5.91 Å². The fourth-order valence-corrected chi connectivity index (χ4v) is 2.76. The molecular weight excluding hydrogens is 272 g/mol. The molecule has 0 aromatic rings. The first kappa shape index (κ1) is 15.5. The van der Waals surface area contributed by atoms with Gasteiger partial charge >= 0.3 is 5.97 Å². The minimum absolute atomic E-state index is 0.122. The lowest BCUT2D eigenvalue weighted by Gasteiger charge is -2.30. The zero-order valence-electron chi connectivity index (χ0n) is 12.1. The smallest absolute Gasteiger partial charge is 0.309 e. The molecule has 0 aromatic carbocycles. The van der Waals surface area contributed by atoms with Crippen molar-refractivity contribution in [1.29, 1.82) is 0 Å². The van der Waals surface area contributed by atoms with E-state index >= 15 is 0 Å². The number of carbonyl (C=O) groups excluding carboxylic acids is 3. The molecule has 2 N–H and O–H groups in total. The molecule has 0 bridgehead atoms. The SMILES string of the molecule is NC(=O)C1CCN(C(=O)COC(=O)[C@H]2CC=CCC2)CC1. The van der Waals surface area contributed by atoms with E-state index in [4.69, 9.17) is 10.5 Å². The van der Waals surface area contributed by atoms with Crippen LogP contribution in [0.2, 0.25) is 0 Å². The van der Waals surface area contributed by atoms with E-state index in [2.05, 4.69) is 6.08 Å². The second-order valence-corrected chi connectivity index (χ2v) is 5.65. The Morgan fingerprint density at radius 2 is 1.81 bits per heavy atom. The Hall–Kier alpha value is -1.85. The summed E-state index contributed by atoms with van der Waals surface area (Å²) >= 11 is 0. The van der Waals surface area contributed by atoms with Gasteiger partial charge in [-0.15, -0.1) is 0 Å². The highest BCUT2D eigenvalue weighted by atomic mass is 16.5. The molecule has 2 aliphatic rings. The minimum atomic E-state index is -0.307. The molecule has 0 unspecified atom stereocenters. The van der Waals surface area contributed by atoms with Gasteiger partial charge in [0, 0.05) is 19.0 Å². The summed E-state index contributed by atoms with van der Waals surface area (Å²) < 4.78 is 5.12. The van der Waals surface area contributed by atoms with E-state index in [1.807, 2.05) is 6.08 Å². The van der Waals surface area contributed by atoms with Crippen molar-refractivity contribution in [3.63, 3.8) is 0 Å². The molecule has 1 saturated heterocycles. The lowest BCUT2D eigenvalue weighted by molar-refractivity contribution is -0.156. The number of ether oxygens (including phenoxy) is 1. The Labute approximate surface area is 124 Å². The zero-order valence-corrected chi connectivity index (χ0v) is 12.1. The number of allylic oxidation sites excluding steroid dienone is 2. The van der Waals surface area contributed by atoms with Crippen LogP contribution in [0.4, 0.5) is 0 Å². The lowest BCUT2D eigenvalue weighted by Crippen LogP contribution is -2.43. The average Bonchev–Trinajstić information content (AvgIpc) is 2.53.